The van der Waals surface area contributed by atoms with Crippen molar-refractivity contribution in [2.24, 2.45) is 0 Å². The molecule has 2 aromatic rings. The third-order valence-electron chi connectivity index (χ3n) is 5.51. The fourth-order valence-electron chi connectivity index (χ4n) is 3.75. The molecule has 3 rings (SSSR count). The lowest BCUT2D eigenvalue weighted by Gasteiger charge is -2.30. The van der Waals surface area contributed by atoms with Gasteiger partial charge in [-0.05, 0) is 55.0 Å². The molecule has 198 valence electrons. The van der Waals surface area contributed by atoms with Gasteiger partial charge in [0, 0.05) is 13.1 Å². The van der Waals surface area contributed by atoms with Gasteiger partial charge in [-0.2, -0.15) is 4.31 Å². The zero-order valence-corrected chi connectivity index (χ0v) is 21.7. The van der Waals surface area contributed by atoms with Crippen molar-refractivity contribution in [2.75, 3.05) is 50.0 Å². The summed E-state index contributed by atoms with van der Waals surface area (Å²) in [5, 5.41) is 2.66. The van der Waals surface area contributed by atoms with Crippen LogP contribution in [-0.4, -0.2) is 78.8 Å². The van der Waals surface area contributed by atoms with Gasteiger partial charge in [-0.3, -0.25) is 9.10 Å². The van der Waals surface area contributed by atoms with Crippen molar-refractivity contribution < 1.29 is 35.5 Å². The molecule has 0 spiro atoms. The van der Waals surface area contributed by atoms with Crippen molar-refractivity contribution in [1.82, 2.24) is 9.62 Å². The molecule has 1 atom stereocenters. The Morgan fingerprint density at radius 3 is 2.25 bits per heavy atom. The van der Waals surface area contributed by atoms with E-state index in [4.69, 9.17) is 9.47 Å². The number of carbonyl (C=O) groups is 1. The summed E-state index contributed by atoms with van der Waals surface area (Å²) in [6.45, 7) is 3.16. The molecule has 1 heterocycles. The number of hydrogen-bond acceptors (Lipinski definition) is 7. The maximum absolute atomic E-state index is 13.3. The van der Waals surface area contributed by atoms with Crippen molar-refractivity contribution in [2.45, 2.75) is 24.3 Å². The van der Waals surface area contributed by atoms with Crippen LogP contribution in [0.2, 0.25) is 0 Å². The Hall–Kier alpha value is -2.74. The fraction of sp³-hybridized carbons (Fsp3) is 0.435. The molecule has 10 nitrogen and oxygen atoms in total. The lowest BCUT2D eigenvalue weighted by Crippen LogP contribution is -2.50. The fourth-order valence-corrected chi connectivity index (χ4v) is 6.37. The predicted octanol–water partition coefficient (Wildman–Crippen LogP) is 1.59. The van der Waals surface area contributed by atoms with Gasteiger partial charge >= 0.3 is 0 Å². The maximum atomic E-state index is 13.3. The minimum Gasteiger partial charge on any atom is -0.492 e. The van der Waals surface area contributed by atoms with Crippen LogP contribution in [0.15, 0.2) is 53.4 Å². The largest absolute Gasteiger partial charge is 0.492 e. The van der Waals surface area contributed by atoms with Gasteiger partial charge in [0.05, 0.1) is 36.6 Å². The van der Waals surface area contributed by atoms with E-state index in [1.807, 2.05) is 0 Å². The molecule has 0 aliphatic carbocycles. The van der Waals surface area contributed by atoms with E-state index in [0.717, 1.165) is 22.7 Å². The molecule has 0 radical (unpaired) electrons. The minimum absolute atomic E-state index is 0.0765. The molecule has 1 aliphatic rings. The van der Waals surface area contributed by atoms with Crippen molar-refractivity contribution in [1.29, 1.82) is 0 Å². The summed E-state index contributed by atoms with van der Waals surface area (Å²) < 4.78 is 76.6. The van der Waals surface area contributed by atoms with E-state index >= 15 is 0 Å². The molecule has 0 saturated carbocycles. The Morgan fingerprint density at radius 2 is 1.69 bits per heavy atom. The number of rotatable bonds is 11. The summed E-state index contributed by atoms with van der Waals surface area (Å²) in [7, 11) is -7.43. The first-order chi connectivity index (χ1) is 17.0. The maximum Gasteiger partial charge on any atom is 0.244 e. The second-order valence-electron chi connectivity index (χ2n) is 8.09. The minimum atomic E-state index is -3.83. The second-order valence-corrected chi connectivity index (χ2v) is 11.9. The highest BCUT2D eigenvalue weighted by Crippen LogP contribution is 2.23. The Bertz CT molecular complexity index is 1230. The number of halogens is 1. The first-order valence-corrected chi connectivity index (χ1v) is 14.7. The molecule has 1 aliphatic heterocycles. The van der Waals surface area contributed by atoms with Crippen molar-refractivity contribution in [3.05, 3.63) is 54.3 Å². The van der Waals surface area contributed by atoms with E-state index in [2.05, 4.69) is 5.32 Å². The van der Waals surface area contributed by atoms with Crippen molar-refractivity contribution >= 4 is 31.6 Å². The molecule has 1 saturated heterocycles. The predicted molar refractivity (Wildman–Crippen MR) is 132 cm³/mol. The van der Waals surface area contributed by atoms with Crippen LogP contribution >= 0.6 is 0 Å². The highest BCUT2D eigenvalue weighted by atomic mass is 32.2. The van der Waals surface area contributed by atoms with E-state index in [1.165, 1.54) is 40.7 Å². The van der Waals surface area contributed by atoms with Crippen LogP contribution in [0.4, 0.5) is 10.1 Å². The van der Waals surface area contributed by atoms with Crippen LogP contribution < -0.4 is 14.4 Å². The third-order valence-corrected chi connectivity index (χ3v) is 8.61. The molecule has 13 heteroatoms. The molecule has 36 heavy (non-hydrogen) atoms. The number of anilines is 1. The summed E-state index contributed by atoms with van der Waals surface area (Å²) in [6, 6.07) is 9.81. The van der Waals surface area contributed by atoms with Gasteiger partial charge in [0.1, 0.15) is 24.2 Å². The van der Waals surface area contributed by atoms with Gasteiger partial charge in [-0.1, -0.05) is 6.92 Å². The highest BCUT2D eigenvalue weighted by Gasteiger charge is 2.31. The molecule has 2 aromatic carbocycles. The SMILES string of the molecule is CC[C@@H](C(=O)NCCOc1ccc(S(=O)(=O)N2CCOCC2)cc1)N(c1ccc(F)cc1)S(C)(=O)=O. The Morgan fingerprint density at radius 1 is 1.08 bits per heavy atom. The zero-order chi connectivity index (χ0) is 26.3. The van der Waals surface area contributed by atoms with Crippen LogP contribution in [0.3, 0.4) is 0 Å². The molecular weight excluding hydrogens is 513 g/mol. The Labute approximate surface area is 211 Å². The normalized spacial score (nSPS) is 15.8. The Balaban J connectivity index is 1.56. The summed E-state index contributed by atoms with van der Waals surface area (Å²) in [6.07, 6.45) is 1.18. The number of hydrogen-bond donors (Lipinski definition) is 1. The van der Waals surface area contributed by atoms with Gasteiger partial charge < -0.3 is 14.8 Å². The second kappa shape index (κ2) is 12.0. The third kappa shape index (κ3) is 6.93. The van der Waals surface area contributed by atoms with Gasteiger partial charge in [-0.25, -0.2) is 21.2 Å². The van der Waals surface area contributed by atoms with Crippen LogP contribution in [0, 0.1) is 5.82 Å². The van der Waals surface area contributed by atoms with Gasteiger partial charge in [0.2, 0.25) is 26.0 Å². The number of morpholine rings is 1. The number of ether oxygens (including phenoxy) is 2. The van der Waals surface area contributed by atoms with E-state index in [9.17, 15) is 26.0 Å². The monoisotopic (exact) mass is 543 g/mol. The lowest BCUT2D eigenvalue weighted by atomic mass is 10.2. The van der Waals surface area contributed by atoms with Crippen LogP contribution in [-0.2, 0) is 29.6 Å². The quantitative estimate of drug-likeness (QED) is 0.427. The first-order valence-electron chi connectivity index (χ1n) is 11.4. The van der Waals surface area contributed by atoms with Gasteiger partial charge in [-0.15, -0.1) is 0 Å². The summed E-state index contributed by atoms with van der Waals surface area (Å²) in [5.41, 5.74) is 0.185. The van der Waals surface area contributed by atoms with E-state index < -0.39 is 37.8 Å². The van der Waals surface area contributed by atoms with E-state index in [-0.39, 0.29) is 30.2 Å². The van der Waals surface area contributed by atoms with E-state index in [0.29, 0.717) is 32.1 Å². The van der Waals surface area contributed by atoms with Crippen LogP contribution in [0.5, 0.6) is 5.75 Å². The van der Waals surface area contributed by atoms with Gasteiger partial charge in [0.25, 0.3) is 0 Å². The lowest BCUT2D eigenvalue weighted by molar-refractivity contribution is -0.122. The number of carbonyl (C=O) groups excluding carboxylic acids is 1. The summed E-state index contributed by atoms with van der Waals surface area (Å²) >= 11 is 0. The van der Waals surface area contributed by atoms with E-state index in [1.54, 1.807) is 6.92 Å². The van der Waals surface area contributed by atoms with Crippen molar-refractivity contribution in [3.63, 3.8) is 0 Å². The number of amides is 1. The first kappa shape index (κ1) is 27.8. The average Bonchev–Trinajstić information content (AvgIpc) is 2.86. The number of sulfonamides is 2. The molecular formula is C23H30FN3O7S2. The Kier molecular flexibility index (Phi) is 9.28. The zero-order valence-electron chi connectivity index (χ0n) is 20.1. The summed E-state index contributed by atoms with van der Waals surface area (Å²) in [5.74, 6) is -0.627. The van der Waals surface area contributed by atoms with Crippen LogP contribution in [0.25, 0.3) is 0 Å². The molecule has 0 aromatic heterocycles. The standard InChI is InChI=1S/C23H30FN3O7S2/c1-3-22(27(35(2,29)30)19-6-4-18(24)5-7-19)23(28)25-12-15-34-20-8-10-21(11-9-20)36(31,32)26-13-16-33-17-14-26/h4-11,22H,3,12-17H2,1-2H3,(H,25,28)/t22-/m0/s1. The van der Waals surface area contributed by atoms with Gasteiger partial charge in [0.15, 0.2) is 0 Å². The molecule has 1 N–H and O–H groups in total. The average molecular weight is 544 g/mol. The molecule has 1 amide bonds. The molecule has 0 unspecified atom stereocenters. The van der Waals surface area contributed by atoms with Crippen molar-refractivity contribution in [3.8, 4) is 5.75 Å². The highest BCUT2D eigenvalue weighted by molar-refractivity contribution is 7.92. The van der Waals surface area contributed by atoms with Crippen LogP contribution in [0.1, 0.15) is 13.3 Å². The number of benzene rings is 2. The smallest absolute Gasteiger partial charge is 0.244 e. The topological polar surface area (TPSA) is 122 Å². The summed E-state index contributed by atoms with van der Waals surface area (Å²) in [4.78, 5) is 12.9. The number of nitrogens with one attached hydrogen (secondary N) is 1. The number of nitrogens with zero attached hydrogens (tertiary/aromatic N) is 2. The molecule has 0 bridgehead atoms. The molecule has 1 fully saturated rings.